The molecule has 3 heteroatoms. The highest BCUT2D eigenvalue weighted by atomic mass is 16.5. The number of benzene rings is 3. The molecular weight excluding hydrogens is 324 g/mol. The van der Waals surface area contributed by atoms with Crippen LogP contribution in [0, 0.1) is 0 Å². The molecule has 0 aliphatic carbocycles. The second kappa shape index (κ2) is 8.67. The summed E-state index contributed by atoms with van der Waals surface area (Å²) < 4.78 is 5.80. The summed E-state index contributed by atoms with van der Waals surface area (Å²) in [5.41, 5.74) is 3.91. The van der Waals surface area contributed by atoms with Crippen LogP contribution in [0.3, 0.4) is 0 Å². The number of hydrogen-bond acceptors (Lipinski definition) is 2. The summed E-state index contributed by atoms with van der Waals surface area (Å²) in [4.78, 5) is 10.9. The van der Waals surface area contributed by atoms with Gasteiger partial charge in [-0.15, -0.1) is 0 Å². The van der Waals surface area contributed by atoms with Crippen molar-refractivity contribution in [2.24, 2.45) is 0 Å². The van der Waals surface area contributed by atoms with E-state index in [4.69, 9.17) is 9.84 Å². The van der Waals surface area contributed by atoms with E-state index in [0.717, 1.165) is 28.0 Å². The van der Waals surface area contributed by atoms with E-state index < -0.39 is 5.97 Å². The molecule has 3 aromatic carbocycles. The molecule has 0 aromatic heterocycles. The third-order valence-corrected chi connectivity index (χ3v) is 3.91. The van der Waals surface area contributed by atoms with Crippen LogP contribution >= 0.6 is 0 Å². The smallest absolute Gasteiger partial charge is 0.307 e. The van der Waals surface area contributed by atoms with Crippen LogP contribution in [0.15, 0.2) is 84.9 Å². The molecule has 130 valence electrons. The minimum Gasteiger partial charge on any atom is -0.490 e. The minimum absolute atomic E-state index is 0.0221. The number of aliphatic carboxylic acids is 1. The number of carbonyl (C=O) groups is 1. The van der Waals surface area contributed by atoms with Crippen molar-refractivity contribution in [3.63, 3.8) is 0 Å². The van der Waals surface area contributed by atoms with E-state index in [2.05, 4.69) is 0 Å². The van der Waals surface area contributed by atoms with Crippen LogP contribution in [0.4, 0.5) is 0 Å². The largest absolute Gasteiger partial charge is 0.490 e. The van der Waals surface area contributed by atoms with Gasteiger partial charge in [-0.05, 0) is 40.5 Å². The fraction of sp³-hybridized carbons (Fsp3) is 0.0870. The zero-order chi connectivity index (χ0) is 18.2. The second-order valence-electron chi connectivity index (χ2n) is 5.92. The van der Waals surface area contributed by atoms with Gasteiger partial charge in [-0.2, -0.15) is 0 Å². The first-order valence-corrected chi connectivity index (χ1v) is 8.46. The van der Waals surface area contributed by atoms with Crippen molar-refractivity contribution >= 4 is 12.0 Å². The SMILES string of the molecule is O=C(O)Cc1cccc(-c2cccc(OCC=Cc3ccccc3)c2)c1. The molecule has 1 N–H and O–H groups in total. The van der Waals surface area contributed by atoms with E-state index in [-0.39, 0.29) is 6.42 Å². The van der Waals surface area contributed by atoms with Gasteiger partial charge in [0.2, 0.25) is 0 Å². The van der Waals surface area contributed by atoms with Crippen LogP contribution in [0.2, 0.25) is 0 Å². The molecule has 0 saturated carbocycles. The molecule has 0 atom stereocenters. The lowest BCUT2D eigenvalue weighted by atomic mass is 10.0. The van der Waals surface area contributed by atoms with E-state index in [0.29, 0.717) is 6.61 Å². The van der Waals surface area contributed by atoms with Crippen LogP contribution in [-0.4, -0.2) is 17.7 Å². The Morgan fingerprint density at radius 2 is 1.62 bits per heavy atom. The minimum atomic E-state index is -0.829. The summed E-state index contributed by atoms with van der Waals surface area (Å²) >= 11 is 0. The van der Waals surface area contributed by atoms with Gasteiger partial charge < -0.3 is 9.84 Å². The quantitative estimate of drug-likeness (QED) is 0.651. The van der Waals surface area contributed by atoms with Crippen molar-refractivity contribution in [3.05, 3.63) is 96.1 Å². The van der Waals surface area contributed by atoms with Gasteiger partial charge in [-0.3, -0.25) is 4.79 Å². The van der Waals surface area contributed by atoms with Gasteiger partial charge in [0.05, 0.1) is 6.42 Å². The Hall–Kier alpha value is -3.33. The Morgan fingerprint density at radius 3 is 2.38 bits per heavy atom. The van der Waals surface area contributed by atoms with Crippen molar-refractivity contribution in [1.82, 2.24) is 0 Å². The fourth-order valence-corrected chi connectivity index (χ4v) is 2.69. The molecule has 26 heavy (non-hydrogen) atoms. The Kier molecular flexibility index (Phi) is 5.84. The third kappa shape index (κ3) is 5.08. The molecule has 0 fully saturated rings. The van der Waals surface area contributed by atoms with E-state index in [9.17, 15) is 4.79 Å². The molecule has 3 aromatic rings. The predicted octanol–water partition coefficient (Wildman–Crippen LogP) is 5.07. The number of hydrogen-bond donors (Lipinski definition) is 1. The van der Waals surface area contributed by atoms with Gasteiger partial charge >= 0.3 is 5.97 Å². The topological polar surface area (TPSA) is 46.5 Å². The molecule has 0 bridgehead atoms. The lowest BCUT2D eigenvalue weighted by Crippen LogP contribution is -1.99. The van der Waals surface area contributed by atoms with Crippen molar-refractivity contribution in [3.8, 4) is 16.9 Å². The van der Waals surface area contributed by atoms with E-state index in [1.54, 1.807) is 0 Å². The molecule has 0 aliphatic heterocycles. The lowest BCUT2D eigenvalue weighted by Gasteiger charge is -2.08. The standard InChI is InChI=1S/C23H20O3/c24-23(25)16-19-9-4-11-20(15-19)21-12-5-13-22(17-21)26-14-6-10-18-7-2-1-3-8-18/h1-13,15,17H,14,16H2,(H,24,25). The summed E-state index contributed by atoms with van der Waals surface area (Å²) in [6.07, 6.45) is 4.03. The van der Waals surface area contributed by atoms with Gasteiger partial charge in [0.25, 0.3) is 0 Å². The highest BCUT2D eigenvalue weighted by Crippen LogP contribution is 2.25. The summed E-state index contributed by atoms with van der Waals surface area (Å²) in [6, 6.07) is 25.5. The van der Waals surface area contributed by atoms with Gasteiger partial charge in [0.15, 0.2) is 0 Å². The van der Waals surface area contributed by atoms with Crippen molar-refractivity contribution in [2.75, 3.05) is 6.61 Å². The summed E-state index contributed by atoms with van der Waals surface area (Å²) in [6.45, 7) is 0.484. The van der Waals surface area contributed by atoms with Crippen LogP contribution in [0.25, 0.3) is 17.2 Å². The normalized spacial score (nSPS) is 10.8. The van der Waals surface area contributed by atoms with Gasteiger partial charge in [-0.25, -0.2) is 0 Å². The molecule has 0 spiro atoms. The van der Waals surface area contributed by atoms with Crippen molar-refractivity contribution < 1.29 is 14.6 Å². The summed E-state index contributed by atoms with van der Waals surface area (Å²) in [5, 5.41) is 8.95. The lowest BCUT2D eigenvalue weighted by molar-refractivity contribution is -0.136. The molecule has 0 saturated heterocycles. The highest BCUT2D eigenvalue weighted by Gasteiger charge is 2.04. The maximum atomic E-state index is 10.9. The zero-order valence-corrected chi connectivity index (χ0v) is 14.3. The van der Waals surface area contributed by atoms with Crippen LogP contribution in [-0.2, 0) is 11.2 Å². The molecular formula is C23H20O3. The van der Waals surface area contributed by atoms with E-state index in [1.165, 1.54) is 0 Å². The average Bonchev–Trinajstić information content (AvgIpc) is 2.66. The third-order valence-electron chi connectivity index (χ3n) is 3.91. The van der Waals surface area contributed by atoms with Crippen LogP contribution < -0.4 is 4.74 Å². The Balaban J connectivity index is 1.66. The first-order valence-electron chi connectivity index (χ1n) is 8.46. The number of carboxylic acid groups (broad SMARTS) is 1. The zero-order valence-electron chi connectivity index (χ0n) is 14.3. The second-order valence-corrected chi connectivity index (χ2v) is 5.92. The summed E-state index contributed by atoms with van der Waals surface area (Å²) in [5.74, 6) is -0.0479. The molecule has 0 amide bonds. The van der Waals surface area contributed by atoms with Gasteiger partial charge in [0, 0.05) is 0 Å². The molecule has 0 heterocycles. The van der Waals surface area contributed by atoms with Gasteiger partial charge in [-0.1, -0.05) is 72.8 Å². The van der Waals surface area contributed by atoms with E-state index >= 15 is 0 Å². The molecule has 0 aliphatic rings. The molecule has 0 unspecified atom stereocenters. The van der Waals surface area contributed by atoms with E-state index in [1.807, 2.05) is 91.0 Å². The fourth-order valence-electron chi connectivity index (χ4n) is 2.69. The molecule has 3 nitrogen and oxygen atoms in total. The Bertz CT molecular complexity index is 898. The maximum absolute atomic E-state index is 10.9. The van der Waals surface area contributed by atoms with Crippen molar-refractivity contribution in [2.45, 2.75) is 6.42 Å². The van der Waals surface area contributed by atoms with Crippen LogP contribution in [0.5, 0.6) is 5.75 Å². The van der Waals surface area contributed by atoms with Gasteiger partial charge in [0.1, 0.15) is 12.4 Å². The highest BCUT2D eigenvalue weighted by molar-refractivity contribution is 5.72. The Morgan fingerprint density at radius 1 is 0.885 bits per heavy atom. The number of rotatable bonds is 7. The monoisotopic (exact) mass is 344 g/mol. The first-order chi connectivity index (χ1) is 12.7. The predicted molar refractivity (Wildman–Crippen MR) is 104 cm³/mol. The van der Waals surface area contributed by atoms with Crippen LogP contribution in [0.1, 0.15) is 11.1 Å². The molecule has 0 radical (unpaired) electrons. The summed E-state index contributed by atoms with van der Waals surface area (Å²) in [7, 11) is 0. The number of carboxylic acids is 1. The molecule has 3 rings (SSSR count). The average molecular weight is 344 g/mol. The Labute approximate surface area is 153 Å². The first kappa shape index (κ1) is 17.5. The van der Waals surface area contributed by atoms with Crippen molar-refractivity contribution in [1.29, 1.82) is 0 Å². The maximum Gasteiger partial charge on any atom is 0.307 e. The number of ether oxygens (including phenoxy) is 1.